The maximum atomic E-state index is 13.2. The number of benzene rings is 2. The van der Waals surface area contributed by atoms with Crippen molar-refractivity contribution < 1.29 is 14.6 Å². The predicted molar refractivity (Wildman–Crippen MR) is 121 cm³/mol. The number of aliphatic hydroxyl groups excluding tert-OH is 1. The number of β-amino-alcohol motifs (C(OH)–C–C–N with tert-alkyl or cyclic N) is 1. The third kappa shape index (κ3) is 3.62. The molecule has 6 nitrogen and oxygen atoms in total. The minimum absolute atomic E-state index is 0.126. The summed E-state index contributed by atoms with van der Waals surface area (Å²) in [5.41, 5.74) is 2.26. The van der Waals surface area contributed by atoms with Crippen LogP contribution >= 0.6 is 11.6 Å². The first-order valence-electron chi connectivity index (χ1n) is 10.3. The van der Waals surface area contributed by atoms with Gasteiger partial charge in [-0.05, 0) is 42.8 Å². The number of pyridine rings is 1. The second-order valence-corrected chi connectivity index (χ2v) is 8.37. The van der Waals surface area contributed by atoms with Gasteiger partial charge in [0.25, 0.3) is 5.91 Å². The van der Waals surface area contributed by atoms with Crippen molar-refractivity contribution in [1.82, 2.24) is 14.9 Å². The summed E-state index contributed by atoms with van der Waals surface area (Å²) in [6.07, 6.45) is 2.89. The van der Waals surface area contributed by atoms with E-state index in [0.717, 1.165) is 27.2 Å². The number of halogens is 1. The maximum Gasteiger partial charge on any atom is 0.270 e. The molecular weight excluding hydrogens is 414 g/mol. The van der Waals surface area contributed by atoms with E-state index in [9.17, 15) is 9.90 Å². The fourth-order valence-corrected chi connectivity index (χ4v) is 4.43. The SMILES string of the molecule is Cc1c(C(=O)N2CC[C@@H](Oc3cccc4cnccc34)[C@H](O)C2)[nH]c2ccc(Cl)cc12. The molecule has 2 N–H and O–H groups in total. The number of hydrogen-bond acceptors (Lipinski definition) is 4. The summed E-state index contributed by atoms with van der Waals surface area (Å²) in [5.74, 6) is 0.589. The summed E-state index contributed by atoms with van der Waals surface area (Å²) in [4.78, 5) is 22.2. The Morgan fingerprint density at radius 3 is 2.97 bits per heavy atom. The largest absolute Gasteiger partial charge is 0.487 e. The second-order valence-electron chi connectivity index (χ2n) is 7.93. The predicted octanol–water partition coefficient (Wildman–Crippen LogP) is 4.33. The number of piperidine rings is 1. The summed E-state index contributed by atoms with van der Waals surface area (Å²) >= 11 is 6.11. The molecule has 1 fully saturated rings. The molecule has 1 aliphatic heterocycles. The van der Waals surface area contributed by atoms with Gasteiger partial charge in [0, 0.05) is 52.1 Å². The summed E-state index contributed by atoms with van der Waals surface area (Å²) in [5, 5.41) is 14.3. The van der Waals surface area contributed by atoms with E-state index in [4.69, 9.17) is 16.3 Å². The van der Waals surface area contributed by atoms with Gasteiger partial charge in [-0.25, -0.2) is 0 Å². The van der Waals surface area contributed by atoms with Crippen molar-refractivity contribution in [1.29, 1.82) is 0 Å². The average molecular weight is 436 g/mol. The second kappa shape index (κ2) is 7.87. The Labute approximate surface area is 184 Å². The minimum atomic E-state index is -0.783. The highest BCUT2D eigenvalue weighted by Gasteiger charge is 2.33. The number of aromatic amines is 1. The molecule has 0 aliphatic carbocycles. The van der Waals surface area contributed by atoms with Crippen molar-refractivity contribution in [3.05, 3.63) is 71.1 Å². The Kier molecular flexibility index (Phi) is 5.04. The van der Waals surface area contributed by atoms with Crippen LogP contribution in [-0.2, 0) is 0 Å². The van der Waals surface area contributed by atoms with Crippen LogP contribution in [-0.4, -0.2) is 51.2 Å². The summed E-state index contributed by atoms with van der Waals surface area (Å²) in [6.45, 7) is 2.62. The molecule has 1 saturated heterocycles. The van der Waals surface area contributed by atoms with E-state index in [1.165, 1.54) is 0 Å². The summed E-state index contributed by atoms with van der Waals surface area (Å²) < 4.78 is 6.16. The molecule has 4 aromatic rings. The molecule has 1 aliphatic rings. The van der Waals surface area contributed by atoms with Crippen LogP contribution in [0.4, 0.5) is 0 Å². The lowest BCUT2D eigenvalue weighted by Crippen LogP contribution is -2.51. The average Bonchev–Trinajstić information content (AvgIpc) is 3.10. The van der Waals surface area contributed by atoms with Gasteiger partial charge in [0.2, 0.25) is 0 Å². The zero-order valence-electron chi connectivity index (χ0n) is 17.0. The molecule has 2 aromatic carbocycles. The molecule has 3 heterocycles. The Morgan fingerprint density at radius 1 is 1.26 bits per heavy atom. The molecule has 31 heavy (non-hydrogen) atoms. The number of H-pyrrole nitrogens is 1. The normalized spacial score (nSPS) is 19.1. The third-order valence-corrected chi connectivity index (χ3v) is 6.20. The number of ether oxygens (including phenoxy) is 1. The number of amides is 1. The summed E-state index contributed by atoms with van der Waals surface area (Å²) in [6, 6.07) is 13.2. The van der Waals surface area contributed by atoms with Crippen molar-refractivity contribution in [2.75, 3.05) is 13.1 Å². The first-order valence-corrected chi connectivity index (χ1v) is 10.6. The Morgan fingerprint density at radius 2 is 2.13 bits per heavy atom. The van der Waals surface area contributed by atoms with Crippen LogP contribution in [0.25, 0.3) is 21.7 Å². The van der Waals surface area contributed by atoms with E-state index in [1.807, 2.05) is 43.3 Å². The van der Waals surface area contributed by atoms with Crippen LogP contribution in [0.15, 0.2) is 54.9 Å². The molecule has 158 valence electrons. The van der Waals surface area contributed by atoms with Gasteiger partial charge in [0.15, 0.2) is 0 Å². The standard InChI is InChI=1S/C24H22ClN3O3/c1-14-18-11-16(25)5-6-19(18)27-23(14)24(30)28-10-8-22(20(29)13-28)31-21-4-2-3-15-12-26-9-7-17(15)21/h2-7,9,11-12,20,22,27,29H,8,10,13H2,1H3/t20-,22-/m1/s1. The highest BCUT2D eigenvalue weighted by atomic mass is 35.5. The van der Waals surface area contributed by atoms with Crippen LogP contribution in [0.1, 0.15) is 22.5 Å². The van der Waals surface area contributed by atoms with Gasteiger partial charge < -0.3 is 19.7 Å². The van der Waals surface area contributed by atoms with Gasteiger partial charge in [-0.2, -0.15) is 0 Å². The molecule has 0 saturated carbocycles. The molecule has 0 spiro atoms. The van der Waals surface area contributed by atoms with Crippen LogP contribution in [0.5, 0.6) is 5.75 Å². The van der Waals surface area contributed by atoms with Gasteiger partial charge in [0.1, 0.15) is 23.7 Å². The molecular formula is C24H22ClN3O3. The van der Waals surface area contributed by atoms with Gasteiger partial charge in [-0.15, -0.1) is 0 Å². The molecule has 0 bridgehead atoms. The topological polar surface area (TPSA) is 78.5 Å². The summed E-state index contributed by atoms with van der Waals surface area (Å²) in [7, 11) is 0. The third-order valence-electron chi connectivity index (χ3n) is 5.96. The Hall–Kier alpha value is -3.09. The number of aliphatic hydroxyl groups is 1. The minimum Gasteiger partial charge on any atom is -0.487 e. The molecule has 0 unspecified atom stereocenters. The number of nitrogens with zero attached hydrogens (tertiary/aromatic N) is 2. The Balaban J connectivity index is 1.33. The zero-order valence-corrected chi connectivity index (χ0v) is 17.8. The van der Waals surface area contributed by atoms with E-state index in [2.05, 4.69) is 9.97 Å². The highest BCUT2D eigenvalue weighted by molar-refractivity contribution is 6.31. The monoisotopic (exact) mass is 435 g/mol. The molecule has 7 heteroatoms. The van der Waals surface area contributed by atoms with Gasteiger partial charge in [0.05, 0.1) is 6.54 Å². The molecule has 2 aromatic heterocycles. The van der Waals surface area contributed by atoms with E-state index >= 15 is 0 Å². The van der Waals surface area contributed by atoms with Gasteiger partial charge in [-0.3, -0.25) is 9.78 Å². The van der Waals surface area contributed by atoms with Crippen molar-refractivity contribution >= 4 is 39.2 Å². The van der Waals surface area contributed by atoms with Crippen molar-refractivity contribution in [3.8, 4) is 5.75 Å². The Bertz CT molecular complexity index is 1280. The maximum absolute atomic E-state index is 13.2. The van der Waals surface area contributed by atoms with E-state index < -0.39 is 6.10 Å². The van der Waals surface area contributed by atoms with Crippen LogP contribution in [0, 0.1) is 6.92 Å². The lowest BCUT2D eigenvalue weighted by molar-refractivity contribution is -0.0194. The number of hydrogen-bond donors (Lipinski definition) is 2. The fourth-order valence-electron chi connectivity index (χ4n) is 4.26. The van der Waals surface area contributed by atoms with Crippen molar-refractivity contribution in [2.24, 2.45) is 0 Å². The van der Waals surface area contributed by atoms with E-state index in [0.29, 0.717) is 29.4 Å². The van der Waals surface area contributed by atoms with Crippen molar-refractivity contribution in [2.45, 2.75) is 25.6 Å². The van der Waals surface area contributed by atoms with Crippen LogP contribution in [0.3, 0.4) is 0 Å². The zero-order chi connectivity index (χ0) is 21.5. The fraction of sp³-hybridized carbons (Fsp3) is 0.250. The van der Waals surface area contributed by atoms with E-state index in [1.54, 1.807) is 23.4 Å². The first-order chi connectivity index (χ1) is 15.0. The van der Waals surface area contributed by atoms with Gasteiger partial charge in [-0.1, -0.05) is 23.7 Å². The number of likely N-dealkylation sites (tertiary alicyclic amines) is 1. The number of fused-ring (bicyclic) bond motifs is 2. The number of rotatable bonds is 3. The number of aryl methyl sites for hydroxylation is 1. The highest BCUT2D eigenvalue weighted by Crippen LogP contribution is 2.29. The molecule has 0 radical (unpaired) electrons. The number of carbonyl (C=O) groups is 1. The van der Waals surface area contributed by atoms with E-state index in [-0.39, 0.29) is 18.6 Å². The van der Waals surface area contributed by atoms with Gasteiger partial charge >= 0.3 is 0 Å². The van der Waals surface area contributed by atoms with Crippen LogP contribution in [0.2, 0.25) is 5.02 Å². The smallest absolute Gasteiger partial charge is 0.270 e. The lowest BCUT2D eigenvalue weighted by Gasteiger charge is -2.36. The quantitative estimate of drug-likeness (QED) is 0.502. The molecule has 5 rings (SSSR count). The van der Waals surface area contributed by atoms with Crippen LogP contribution < -0.4 is 4.74 Å². The molecule has 2 atom stereocenters. The number of nitrogens with one attached hydrogen (secondary N) is 1. The van der Waals surface area contributed by atoms with Crippen molar-refractivity contribution in [3.63, 3.8) is 0 Å². The molecule has 1 amide bonds. The number of aromatic nitrogens is 2. The number of carbonyl (C=O) groups excluding carboxylic acids is 1. The first kappa shape index (κ1) is 19.8. The lowest BCUT2D eigenvalue weighted by atomic mass is 10.0.